The quantitative estimate of drug-likeness (QED) is 0.899. The molecule has 2 rings (SSSR count). The van der Waals surface area contributed by atoms with Crippen LogP contribution in [0.4, 0.5) is 0 Å². The number of likely N-dealkylation sites (tertiary alicyclic amines) is 1. The van der Waals surface area contributed by atoms with E-state index in [-0.39, 0.29) is 11.8 Å². The highest BCUT2D eigenvalue weighted by molar-refractivity contribution is 5.88. The number of pyridine rings is 1. The summed E-state index contributed by atoms with van der Waals surface area (Å²) >= 11 is 0. The predicted molar refractivity (Wildman–Crippen MR) is 69.6 cm³/mol. The molecular weight excluding hydrogens is 244 g/mol. The average molecular weight is 262 g/mol. The van der Waals surface area contributed by atoms with Gasteiger partial charge in [0.25, 0.3) is 0 Å². The van der Waals surface area contributed by atoms with Crippen LogP contribution in [0.2, 0.25) is 0 Å². The van der Waals surface area contributed by atoms with Crippen LogP contribution in [0.25, 0.3) is 0 Å². The number of aliphatic carboxylic acids is 1. The lowest BCUT2D eigenvalue weighted by Crippen LogP contribution is -2.49. The van der Waals surface area contributed by atoms with Crippen molar-refractivity contribution in [1.82, 2.24) is 9.88 Å². The van der Waals surface area contributed by atoms with Crippen molar-refractivity contribution in [3.8, 4) is 0 Å². The van der Waals surface area contributed by atoms with Crippen molar-refractivity contribution in [1.29, 1.82) is 0 Å². The number of rotatable bonds is 3. The number of hydrogen-bond acceptors (Lipinski definition) is 3. The van der Waals surface area contributed by atoms with Crippen molar-refractivity contribution in [3.63, 3.8) is 0 Å². The molecule has 5 heteroatoms. The van der Waals surface area contributed by atoms with E-state index in [9.17, 15) is 14.7 Å². The number of carbonyl (C=O) groups excluding carboxylic acids is 1. The lowest BCUT2D eigenvalue weighted by molar-refractivity contribution is -0.152. The van der Waals surface area contributed by atoms with Crippen LogP contribution >= 0.6 is 0 Å². The lowest BCUT2D eigenvalue weighted by Gasteiger charge is -2.34. The summed E-state index contributed by atoms with van der Waals surface area (Å²) in [6.07, 6.45) is 5.59. The Balaban J connectivity index is 2.15. The topological polar surface area (TPSA) is 70.5 Å². The fraction of sp³-hybridized carbons (Fsp3) is 0.500. The molecule has 0 aliphatic carbocycles. The fourth-order valence-electron chi connectivity index (χ4n) is 2.48. The number of carboxylic acids is 1. The molecule has 1 aliphatic heterocycles. The van der Waals surface area contributed by atoms with Gasteiger partial charge in [-0.25, -0.2) is 4.79 Å². The summed E-state index contributed by atoms with van der Waals surface area (Å²) in [6, 6.07) is 2.94. The Hall–Kier alpha value is -1.91. The molecule has 2 unspecified atom stereocenters. The number of amides is 1. The van der Waals surface area contributed by atoms with Crippen molar-refractivity contribution >= 4 is 11.9 Å². The molecule has 0 saturated carbocycles. The Morgan fingerprint density at radius 3 is 2.89 bits per heavy atom. The standard InChI is InChI=1S/C14H18N2O3/c1-10(11-5-4-7-15-9-11)13(17)16-8-3-2-6-12(16)14(18)19/h4-5,7,9-10,12H,2-3,6,8H2,1H3,(H,18,19). The zero-order valence-electron chi connectivity index (χ0n) is 11.0. The molecule has 1 aliphatic rings. The highest BCUT2D eigenvalue weighted by Gasteiger charge is 2.34. The first kappa shape index (κ1) is 13.5. The molecule has 19 heavy (non-hydrogen) atoms. The minimum Gasteiger partial charge on any atom is -0.480 e. The monoisotopic (exact) mass is 262 g/mol. The summed E-state index contributed by atoms with van der Waals surface area (Å²) in [6.45, 7) is 2.33. The van der Waals surface area contributed by atoms with Gasteiger partial charge < -0.3 is 10.0 Å². The molecule has 0 spiro atoms. The maximum Gasteiger partial charge on any atom is 0.326 e. The third-order valence-corrected chi connectivity index (χ3v) is 3.63. The summed E-state index contributed by atoms with van der Waals surface area (Å²) in [5.74, 6) is -1.39. The Bertz CT molecular complexity index is 461. The molecular formula is C14H18N2O3. The SMILES string of the molecule is CC(C(=O)N1CCCCC1C(=O)O)c1cccnc1. The van der Waals surface area contributed by atoms with E-state index >= 15 is 0 Å². The van der Waals surface area contributed by atoms with E-state index in [0.29, 0.717) is 13.0 Å². The Morgan fingerprint density at radius 2 is 2.26 bits per heavy atom. The number of nitrogens with zero attached hydrogens (tertiary/aromatic N) is 2. The van der Waals surface area contributed by atoms with Gasteiger partial charge in [0.2, 0.25) is 5.91 Å². The number of aromatic nitrogens is 1. The molecule has 1 fully saturated rings. The first-order valence-corrected chi connectivity index (χ1v) is 6.54. The second-order valence-electron chi connectivity index (χ2n) is 4.89. The summed E-state index contributed by atoms with van der Waals surface area (Å²) in [4.78, 5) is 29.2. The third kappa shape index (κ3) is 2.92. The van der Waals surface area contributed by atoms with Gasteiger partial charge in [-0.15, -0.1) is 0 Å². The van der Waals surface area contributed by atoms with Gasteiger partial charge in [0, 0.05) is 18.9 Å². The summed E-state index contributed by atoms with van der Waals surface area (Å²) in [5.41, 5.74) is 0.821. The smallest absolute Gasteiger partial charge is 0.326 e. The van der Waals surface area contributed by atoms with Crippen LogP contribution in [-0.4, -0.2) is 39.5 Å². The van der Waals surface area contributed by atoms with Crippen LogP contribution in [0.5, 0.6) is 0 Å². The van der Waals surface area contributed by atoms with Crippen LogP contribution < -0.4 is 0 Å². The molecule has 1 N–H and O–H groups in total. The molecule has 0 bridgehead atoms. The number of carboxylic acid groups (broad SMARTS) is 1. The first-order chi connectivity index (χ1) is 9.11. The molecule has 1 aromatic rings. The van der Waals surface area contributed by atoms with Crippen molar-refractivity contribution < 1.29 is 14.7 Å². The van der Waals surface area contributed by atoms with Crippen molar-refractivity contribution in [2.45, 2.75) is 38.1 Å². The number of hydrogen-bond donors (Lipinski definition) is 1. The molecule has 1 aromatic heterocycles. The molecule has 0 radical (unpaired) electrons. The molecule has 102 valence electrons. The summed E-state index contributed by atoms with van der Waals surface area (Å²) in [5, 5.41) is 9.20. The maximum absolute atomic E-state index is 12.4. The molecule has 2 atom stereocenters. The highest BCUT2D eigenvalue weighted by atomic mass is 16.4. The van der Waals surface area contributed by atoms with E-state index < -0.39 is 12.0 Å². The van der Waals surface area contributed by atoms with Crippen LogP contribution in [0.3, 0.4) is 0 Å². The Morgan fingerprint density at radius 1 is 1.47 bits per heavy atom. The molecule has 0 aromatic carbocycles. The van der Waals surface area contributed by atoms with Crippen molar-refractivity contribution in [3.05, 3.63) is 30.1 Å². The highest BCUT2D eigenvalue weighted by Crippen LogP contribution is 2.23. The fourth-order valence-corrected chi connectivity index (χ4v) is 2.48. The van der Waals surface area contributed by atoms with Gasteiger partial charge in [-0.1, -0.05) is 6.07 Å². The Labute approximate surface area is 112 Å². The van der Waals surface area contributed by atoms with Gasteiger partial charge in [0.15, 0.2) is 0 Å². The van der Waals surface area contributed by atoms with E-state index in [0.717, 1.165) is 18.4 Å². The van der Waals surface area contributed by atoms with E-state index in [1.54, 1.807) is 25.4 Å². The largest absolute Gasteiger partial charge is 0.480 e. The van der Waals surface area contributed by atoms with Crippen LogP contribution in [0, 0.1) is 0 Å². The van der Waals surface area contributed by atoms with Crippen molar-refractivity contribution in [2.75, 3.05) is 6.54 Å². The van der Waals surface area contributed by atoms with E-state index in [2.05, 4.69) is 4.98 Å². The number of piperidine rings is 1. The van der Waals surface area contributed by atoms with Crippen molar-refractivity contribution in [2.24, 2.45) is 0 Å². The predicted octanol–water partition coefficient (Wildman–Crippen LogP) is 1.65. The van der Waals surface area contributed by atoms with E-state index in [4.69, 9.17) is 0 Å². The second kappa shape index (κ2) is 5.82. The average Bonchev–Trinajstić information content (AvgIpc) is 2.46. The van der Waals surface area contributed by atoms with Crippen LogP contribution in [0.1, 0.15) is 37.7 Å². The zero-order chi connectivity index (χ0) is 13.8. The van der Waals surface area contributed by atoms with Gasteiger partial charge in [-0.05, 0) is 37.8 Å². The second-order valence-corrected chi connectivity index (χ2v) is 4.89. The minimum absolute atomic E-state index is 0.125. The van der Waals surface area contributed by atoms with Gasteiger partial charge in [0.1, 0.15) is 6.04 Å². The van der Waals surface area contributed by atoms with E-state index in [1.807, 2.05) is 6.07 Å². The summed E-state index contributed by atoms with van der Waals surface area (Å²) < 4.78 is 0. The normalized spacial score (nSPS) is 20.9. The molecule has 2 heterocycles. The number of carbonyl (C=O) groups is 2. The minimum atomic E-state index is -0.911. The molecule has 1 saturated heterocycles. The third-order valence-electron chi connectivity index (χ3n) is 3.63. The molecule has 5 nitrogen and oxygen atoms in total. The van der Waals surface area contributed by atoms with Gasteiger partial charge in [0.05, 0.1) is 5.92 Å². The van der Waals surface area contributed by atoms with E-state index in [1.165, 1.54) is 4.90 Å². The van der Waals surface area contributed by atoms with Crippen LogP contribution in [-0.2, 0) is 9.59 Å². The lowest BCUT2D eigenvalue weighted by atomic mass is 9.96. The first-order valence-electron chi connectivity index (χ1n) is 6.54. The summed E-state index contributed by atoms with van der Waals surface area (Å²) in [7, 11) is 0. The molecule has 1 amide bonds. The van der Waals surface area contributed by atoms with Gasteiger partial charge in [-0.2, -0.15) is 0 Å². The van der Waals surface area contributed by atoms with Gasteiger partial charge in [-0.3, -0.25) is 9.78 Å². The zero-order valence-corrected chi connectivity index (χ0v) is 11.0. The maximum atomic E-state index is 12.4. The van der Waals surface area contributed by atoms with Gasteiger partial charge >= 0.3 is 5.97 Å². The Kier molecular flexibility index (Phi) is 4.14. The van der Waals surface area contributed by atoms with Crippen LogP contribution in [0.15, 0.2) is 24.5 Å².